The first-order valence-corrected chi connectivity index (χ1v) is 10.00. The largest absolute Gasteiger partial charge is 0.497 e. The molecule has 0 aliphatic carbocycles. The number of aromatic nitrogens is 1. The first-order valence-electron chi connectivity index (χ1n) is 10.00. The summed E-state index contributed by atoms with van der Waals surface area (Å²) in [7, 11) is 1.61. The third-order valence-corrected chi connectivity index (χ3v) is 5.49. The summed E-state index contributed by atoms with van der Waals surface area (Å²) >= 11 is 0. The van der Waals surface area contributed by atoms with Crippen LogP contribution in [0.15, 0.2) is 72.9 Å². The molecule has 3 aromatic carbocycles. The molecule has 1 heterocycles. The molecule has 0 aliphatic rings. The van der Waals surface area contributed by atoms with Gasteiger partial charge in [0.25, 0.3) is 5.69 Å². The molecule has 0 saturated heterocycles. The minimum atomic E-state index is -0.713. The molecule has 32 heavy (non-hydrogen) atoms. The van der Waals surface area contributed by atoms with Crippen molar-refractivity contribution < 1.29 is 14.5 Å². The zero-order valence-electron chi connectivity index (χ0n) is 17.4. The van der Waals surface area contributed by atoms with Gasteiger partial charge < -0.3 is 20.8 Å². The van der Waals surface area contributed by atoms with Crippen LogP contribution in [0.5, 0.6) is 5.75 Å². The van der Waals surface area contributed by atoms with Gasteiger partial charge in [-0.3, -0.25) is 14.9 Å². The monoisotopic (exact) mass is 430 g/mol. The summed E-state index contributed by atoms with van der Waals surface area (Å²) in [5, 5.41) is 15.9. The Morgan fingerprint density at radius 2 is 1.91 bits per heavy atom. The number of hydrogen-bond acceptors (Lipinski definition) is 5. The second-order valence-electron chi connectivity index (χ2n) is 7.35. The summed E-state index contributed by atoms with van der Waals surface area (Å²) in [6.45, 7) is 0.394. The van der Waals surface area contributed by atoms with Gasteiger partial charge in [0.1, 0.15) is 11.4 Å². The number of para-hydroxylation sites is 1. The van der Waals surface area contributed by atoms with Crippen molar-refractivity contribution in [1.82, 2.24) is 4.98 Å². The molecule has 1 aromatic heterocycles. The lowest BCUT2D eigenvalue weighted by Crippen LogP contribution is -2.16. The lowest BCUT2D eigenvalue weighted by molar-refractivity contribution is -0.384. The zero-order chi connectivity index (χ0) is 22.7. The van der Waals surface area contributed by atoms with Crippen LogP contribution in [-0.2, 0) is 0 Å². The van der Waals surface area contributed by atoms with Gasteiger partial charge in [0.2, 0.25) is 5.91 Å². The number of nitrogens with one attached hydrogen (secondary N) is 2. The highest BCUT2D eigenvalue weighted by molar-refractivity contribution is 5.94. The summed E-state index contributed by atoms with van der Waals surface area (Å²) in [5.41, 5.74) is 8.59. The van der Waals surface area contributed by atoms with Crippen molar-refractivity contribution >= 4 is 28.2 Å². The number of amides is 1. The number of nitrogens with zero attached hydrogens (tertiary/aromatic N) is 1. The van der Waals surface area contributed by atoms with E-state index in [1.807, 2.05) is 54.7 Å². The van der Waals surface area contributed by atoms with Crippen LogP contribution in [0.3, 0.4) is 0 Å². The average molecular weight is 430 g/mol. The Kier molecular flexibility index (Phi) is 5.76. The summed E-state index contributed by atoms with van der Waals surface area (Å²) in [6.07, 6.45) is 1.96. The number of aromatic amines is 1. The molecule has 1 atom stereocenters. The Balaban J connectivity index is 1.71. The summed E-state index contributed by atoms with van der Waals surface area (Å²) in [4.78, 5) is 25.8. The van der Waals surface area contributed by atoms with Gasteiger partial charge in [0.15, 0.2) is 0 Å². The van der Waals surface area contributed by atoms with Crippen LogP contribution >= 0.6 is 0 Å². The second-order valence-corrected chi connectivity index (χ2v) is 7.35. The van der Waals surface area contributed by atoms with E-state index in [2.05, 4.69) is 10.3 Å². The van der Waals surface area contributed by atoms with Crippen molar-refractivity contribution in [3.8, 4) is 5.75 Å². The maximum atomic E-state index is 11.6. The number of H-pyrrole nitrogens is 1. The quantitative estimate of drug-likeness (QED) is 0.282. The smallest absolute Gasteiger partial charge is 0.293 e. The van der Waals surface area contributed by atoms with E-state index in [0.717, 1.165) is 27.8 Å². The maximum absolute atomic E-state index is 11.6. The molecule has 162 valence electrons. The van der Waals surface area contributed by atoms with Crippen molar-refractivity contribution in [2.24, 2.45) is 5.73 Å². The molecule has 4 aromatic rings. The molecular weight excluding hydrogens is 408 g/mol. The number of ether oxygens (including phenoxy) is 1. The Bertz CT molecular complexity index is 1280. The van der Waals surface area contributed by atoms with Crippen LogP contribution in [0.2, 0.25) is 0 Å². The highest BCUT2D eigenvalue weighted by atomic mass is 16.6. The van der Waals surface area contributed by atoms with Crippen molar-refractivity contribution in [2.45, 2.75) is 5.92 Å². The number of methoxy groups -OCH3 is 1. The van der Waals surface area contributed by atoms with Crippen molar-refractivity contribution in [1.29, 1.82) is 0 Å². The molecule has 0 saturated carbocycles. The number of nitro groups is 1. The topological polar surface area (TPSA) is 123 Å². The predicted octanol–water partition coefficient (Wildman–Crippen LogP) is 4.43. The van der Waals surface area contributed by atoms with E-state index in [1.54, 1.807) is 7.11 Å². The molecule has 0 radical (unpaired) electrons. The number of nitrogens with two attached hydrogens (primary N) is 1. The van der Waals surface area contributed by atoms with Gasteiger partial charge in [0.05, 0.1) is 12.0 Å². The molecule has 1 amide bonds. The van der Waals surface area contributed by atoms with Crippen molar-refractivity contribution in [3.63, 3.8) is 0 Å². The molecule has 0 aliphatic heterocycles. The van der Waals surface area contributed by atoms with E-state index in [9.17, 15) is 14.9 Å². The lowest BCUT2D eigenvalue weighted by Gasteiger charge is -2.19. The third-order valence-electron chi connectivity index (χ3n) is 5.49. The van der Waals surface area contributed by atoms with Crippen molar-refractivity contribution in [2.75, 3.05) is 19.0 Å². The Morgan fingerprint density at radius 1 is 1.16 bits per heavy atom. The number of anilines is 1. The van der Waals surface area contributed by atoms with E-state index in [4.69, 9.17) is 10.5 Å². The zero-order valence-corrected chi connectivity index (χ0v) is 17.4. The number of benzene rings is 3. The molecule has 0 bridgehead atoms. The van der Waals surface area contributed by atoms with E-state index < -0.39 is 10.8 Å². The minimum absolute atomic E-state index is 0.0885. The molecule has 8 nitrogen and oxygen atoms in total. The van der Waals surface area contributed by atoms with Crippen LogP contribution in [0.4, 0.5) is 11.4 Å². The van der Waals surface area contributed by atoms with E-state index >= 15 is 0 Å². The normalized spacial score (nSPS) is 11.8. The molecule has 0 unspecified atom stereocenters. The molecule has 8 heteroatoms. The first-order chi connectivity index (χ1) is 15.5. The fraction of sp³-hybridized carbons (Fsp3) is 0.125. The molecule has 4 rings (SSSR count). The van der Waals surface area contributed by atoms with Gasteiger partial charge in [0, 0.05) is 41.2 Å². The van der Waals surface area contributed by atoms with Gasteiger partial charge in [-0.05, 0) is 41.5 Å². The molecular formula is C24H22N4O4. The number of hydrogen-bond donors (Lipinski definition) is 3. The Labute approximate surface area is 184 Å². The standard InChI is InChI=1S/C24H22N4O4/c1-32-17-9-6-15(7-10-17)19(20-14-26-21-5-3-2-4-18(20)21)13-27-22-11-8-16(24(25)29)12-23(22)28(30)31/h2-12,14,19,26-27H,13H2,1H3,(H2,25,29)/t19-/m0/s1. The van der Waals surface area contributed by atoms with E-state index in [1.165, 1.54) is 18.2 Å². The van der Waals surface area contributed by atoms with Gasteiger partial charge in [-0.15, -0.1) is 0 Å². The summed E-state index contributed by atoms with van der Waals surface area (Å²) in [5.74, 6) is -0.0703. The molecule has 0 fully saturated rings. The fourth-order valence-electron chi connectivity index (χ4n) is 3.82. The number of rotatable bonds is 8. The average Bonchev–Trinajstić information content (AvgIpc) is 3.23. The summed E-state index contributed by atoms with van der Waals surface area (Å²) < 4.78 is 5.28. The highest BCUT2D eigenvalue weighted by Gasteiger charge is 2.21. The third kappa shape index (κ3) is 4.11. The molecule has 0 spiro atoms. The number of carbonyl (C=O) groups is 1. The lowest BCUT2D eigenvalue weighted by atomic mass is 9.90. The number of carbonyl (C=O) groups excluding carboxylic acids is 1. The Morgan fingerprint density at radius 3 is 2.59 bits per heavy atom. The van der Waals surface area contributed by atoms with Gasteiger partial charge in [-0.2, -0.15) is 0 Å². The van der Waals surface area contributed by atoms with Crippen molar-refractivity contribution in [3.05, 3.63) is 99.7 Å². The van der Waals surface area contributed by atoms with Gasteiger partial charge in [-0.25, -0.2) is 0 Å². The number of nitro benzene ring substituents is 1. The predicted molar refractivity (Wildman–Crippen MR) is 123 cm³/mol. The number of primary amides is 1. The number of fused-ring (bicyclic) bond motifs is 1. The van der Waals surface area contributed by atoms with Crippen LogP contribution in [-0.4, -0.2) is 29.5 Å². The minimum Gasteiger partial charge on any atom is -0.497 e. The van der Waals surface area contributed by atoms with Crippen LogP contribution < -0.4 is 15.8 Å². The van der Waals surface area contributed by atoms with Crippen LogP contribution in [0, 0.1) is 10.1 Å². The second kappa shape index (κ2) is 8.81. The highest BCUT2D eigenvalue weighted by Crippen LogP contribution is 2.33. The van der Waals surface area contributed by atoms with Crippen LogP contribution in [0.25, 0.3) is 10.9 Å². The Hall–Kier alpha value is -4.33. The maximum Gasteiger partial charge on any atom is 0.293 e. The van der Waals surface area contributed by atoms with E-state index in [-0.39, 0.29) is 17.2 Å². The fourth-order valence-corrected chi connectivity index (χ4v) is 3.82. The van der Waals surface area contributed by atoms with Gasteiger partial charge in [-0.1, -0.05) is 30.3 Å². The van der Waals surface area contributed by atoms with E-state index in [0.29, 0.717) is 12.2 Å². The van der Waals surface area contributed by atoms with Crippen LogP contribution in [0.1, 0.15) is 27.4 Å². The first kappa shape index (κ1) is 20.9. The summed E-state index contributed by atoms with van der Waals surface area (Å²) in [6, 6.07) is 19.9. The van der Waals surface area contributed by atoms with Gasteiger partial charge >= 0.3 is 0 Å². The molecule has 4 N–H and O–H groups in total. The SMILES string of the molecule is COc1ccc([C@H](CNc2ccc(C(N)=O)cc2[N+](=O)[O-])c2c[nH]c3ccccc23)cc1.